The normalized spacial score (nSPS) is 14.5. The van der Waals surface area contributed by atoms with E-state index < -0.39 is 34.3 Å². The molecule has 0 saturated heterocycles. The minimum atomic E-state index is -4.32. The van der Waals surface area contributed by atoms with Gasteiger partial charge in [-0.1, -0.05) is 43.0 Å². The molecule has 0 bridgehead atoms. The van der Waals surface area contributed by atoms with Crippen LogP contribution < -0.4 is 14.4 Å². The standard InChI is InChI=1S/C32H37ClFN3O5S/c1-3-42-29-16-14-28(15-17-29)37(43(40,41)30-18-12-26(34)13-19-30)22-31(38)36(21-24-8-7-9-25(33)20-24)23(2)32(39)35-27-10-5-4-6-11-27/h7-9,12-20,23,27H,3-6,10-11,21-22H2,1-2H3,(H,35,39). The average molecular weight is 630 g/mol. The minimum absolute atomic E-state index is 0.0334. The fraction of sp³-hybridized carbons (Fsp3) is 0.375. The lowest BCUT2D eigenvalue weighted by atomic mass is 9.95. The number of carbonyl (C=O) groups excluding carboxylic acids is 2. The van der Waals surface area contributed by atoms with Crippen LogP contribution in [0.2, 0.25) is 5.02 Å². The van der Waals surface area contributed by atoms with E-state index in [9.17, 15) is 22.4 Å². The molecule has 1 aliphatic rings. The second-order valence-electron chi connectivity index (χ2n) is 10.6. The molecule has 0 heterocycles. The largest absolute Gasteiger partial charge is 0.494 e. The zero-order chi connectivity index (χ0) is 31.0. The zero-order valence-corrected chi connectivity index (χ0v) is 25.9. The molecule has 230 valence electrons. The highest BCUT2D eigenvalue weighted by Gasteiger charge is 2.33. The van der Waals surface area contributed by atoms with Gasteiger partial charge >= 0.3 is 0 Å². The number of anilines is 1. The maximum absolute atomic E-state index is 14.1. The second kappa shape index (κ2) is 14.7. The number of amides is 2. The first-order valence-corrected chi connectivity index (χ1v) is 16.3. The molecule has 1 unspecified atom stereocenters. The van der Waals surface area contributed by atoms with Crippen LogP contribution in [0.15, 0.2) is 77.7 Å². The predicted molar refractivity (Wildman–Crippen MR) is 165 cm³/mol. The Hall–Kier alpha value is -3.63. The quantitative estimate of drug-likeness (QED) is 0.268. The number of benzene rings is 3. The summed E-state index contributed by atoms with van der Waals surface area (Å²) in [6.45, 7) is 3.32. The summed E-state index contributed by atoms with van der Waals surface area (Å²) in [5.41, 5.74) is 0.898. The fourth-order valence-electron chi connectivity index (χ4n) is 5.12. The van der Waals surface area contributed by atoms with Gasteiger partial charge < -0.3 is 15.0 Å². The second-order valence-corrected chi connectivity index (χ2v) is 12.9. The van der Waals surface area contributed by atoms with Gasteiger partial charge in [-0.2, -0.15) is 0 Å². The third-order valence-corrected chi connectivity index (χ3v) is 9.50. The van der Waals surface area contributed by atoms with Crippen LogP contribution in [0.25, 0.3) is 0 Å². The molecular weight excluding hydrogens is 593 g/mol. The molecular formula is C32H37ClFN3O5S. The highest BCUT2D eigenvalue weighted by Crippen LogP contribution is 2.27. The van der Waals surface area contributed by atoms with E-state index in [1.165, 1.54) is 4.90 Å². The lowest BCUT2D eigenvalue weighted by Gasteiger charge is -2.33. The summed E-state index contributed by atoms with van der Waals surface area (Å²) in [6.07, 6.45) is 4.95. The highest BCUT2D eigenvalue weighted by atomic mass is 35.5. The number of hydrogen-bond acceptors (Lipinski definition) is 5. The zero-order valence-electron chi connectivity index (χ0n) is 24.3. The Bertz CT molecular complexity index is 1500. The molecule has 0 aliphatic heterocycles. The van der Waals surface area contributed by atoms with Crippen LogP contribution in [-0.4, -0.2) is 50.4 Å². The first-order valence-electron chi connectivity index (χ1n) is 14.4. The SMILES string of the molecule is CCOc1ccc(N(CC(=O)N(Cc2cccc(Cl)c2)C(C)C(=O)NC2CCCCC2)S(=O)(=O)c2ccc(F)cc2)cc1. The summed E-state index contributed by atoms with van der Waals surface area (Å²) >= 11 is 6.21. The van der Waals surface area contributed by atoms with Crippen molar-refractivity contribution >= 4 is 39.1 Å². The Balaban J connectivity index is 1.68. The number of nitrogens with one attached hydrogen (secondary N) is 1. The molecule has 1 atom stereocenters. The number of sulfonamides is 1. The van der Waals surface area contributed by atoms with Crippen LogP contribution >= 0.6 is 11.6 Å². The molecule has 1 aliphatic carbocycles. The third kappa shape index (κ3) is 8.48. The van der Waals surface area contributed by atoms with Gasteiger partial charge in [-0.15, -0.1) is 0 Å². The Labute approximate surface area is 257 Å². The lowest BCUT2D eigenvalue weighted by Crippen LogP contribution is -2.53. The van der Waals surface area contributed by atoms with E-state index in [4.69, 9.17) is 16.3 Å². The van der Waals surface area contributed by atoms with Gasteiger partial charge in [0.15, 0.2) is 0 Å². The average Bonchev–Trinajstić information content (AvgIpc) is 2.99. The molecule has 1 fully saturated rings. The molecule has 1 saturated carbocycles. The van der Waals surface area contributed by atoms with Crippen LogP contribution in [0.4, 0.5) is 10.1 Å². The Kier molecular flexibility index (Phi) is 11.0. The topological polar surface area (TPSA) is 96.0 Å². The number of carbonyl (C=O) groups is 2. The van der Waals surface area contributed by atoms with E-state index in [1.54, 1.807) is 55.5 Å². The van der Waals surface area contributed by atoms with Crippen LogP contribution in [0, 0.1) is 5.82 Å². The number of ether oxygens (including phenoxy) is 1. The van der Waals surface area contributed by atoms with Crippen LogP contribution in [0.5, 0.6) is 5.75 Å². The summed E-state index contributed by atoms with van der Waals surface area (Å²) < 4.78 is 47.9. The molecule has 3 aromatic rings. The van der Waals surface area contributed by atoms with Gasteiger partial charge in [0.05, 0.1) is 17.2 Å². The molecule has 4 rings (SSSR count). The molecule has 11 heteroatoms. The van der Waals surface area contributed by atoms with Crippen molar-refractivity contribution in [3.8, 4) is 5.75 Å². The Morgan fingerprint density at radius 1 is 1.02 bits per heavy atom. The van der Waals surface area contributed by atoms with Gasteiger partial charge in [0.1, 0.15) is 24.2 Å². The van der Waals surface area contributed by atoms with E-state index in [1.807, 2.05) is 6.92 Å². The summed E-state index contributed by atoms with van der Waals surface area (Å²) in [4.78, 5) is 28.7. The van der Waals surface area contributed by atoms with E-state index in [2.05, 4.69) is 5.32 Å². The van der Waals surface area contributed by atoms with E-state index in [0.29, 0.717) is 22.9 Å². The maximum atomic E-state index is 14.1. The molecule has 0 spiro atoms. The van der Waals surface area contributed by atoms with Gasteiger partial charge in [-0.05, 0) is 92.9 Å². The monoisotopic (exact) mass is 629 g/mol. The molecule has 0 aromatic heterocycles. The van der Waals surface area contributed by atoms with Crippen molar-refractivity contribution in [1.82, 2.24) is 10.2 Å². The van der Waals surface area contributed by atoms with Crippen LogP contribution in [-0.2, 0) is 26.2 Å². The number of hydrogen-bond donors (Lipinski definition) is 1. The molecule has 3 aromatic carbocycles. The molecule has 43 heavy (non-hydrogen) atoms. The third-order valence-electron chi connectivity index (χ3n) is 7.48. The number of nitrogens with zero attached hydrogens (tertiary/aromatic N) is 2. The van der Waals surface area contributed by atoms with Gasteiger partial charge in [-0.3, -0.25) is 13.9 Å². The van der Waals surface area contributed by atoms with Gasteiger partial charge in [0, 0.05) is 17.6 Å². The van der Waals surface area contributed by atoms with Gasteiger partial charge in [0.25, 0.3) is 10.0 Å². The van der Waals surface area contributed by atoms with Crippen LogP contribution in [0.3, 0.4) is 0 Å². The summed E-state index contributed by atoms with van der Waals surface area (Å²) in [7, 11) is -4.32. The first kappa shape index (κ1) is 32.3. The Morgan fingerprint density at radius 3 is 2.33 bits per heavy atom. The fourth-order valence-corrected chi connectivity index (χ4v) is 6.75. The molecule has 0 radical (unpaired) electrons. The Morgan fingerprint density at radius 2 is 1.70 bits per heavy atom. The van der Waals surface area contributed by atoms with E-state index in [-0.39, 0.29) is 29.1 Å². The van der Waals surface area contributed by atoms with Crippen molar-refractivity contribution in [2.75, 3.05) is 17.5 Å². The van der Waals surface area contributed by atoms with Crippen molar-refractivity contribution in [2.45, 2.75) is 69.5 Å². The highest BCUT2D eigenvalue weighted by molar-refractivity contribution is 7.92. The van der Waals surface area contributed by atoms with Crippen molar-refractivity contribution in [2.24, 2.45) is 0 Å². The van der Waals surface area contributed by atoms with Crippen molar-refractivity contribution < 1.29 is 27.1 Å². The molecule has 8 nitrogen and oxygen atoms in total. The van der Waals surface area contributed by atoms with Gasteiger partial charge in [0.2, 0.25) is 11.8 Å². The first-order chi connectivity index (χ1) is 20.6. The summed E-state index contributed by atoms with van der Waals surface area (Å²) in [5, 5.41) is 3.55. The summed E-state index contributed by atoms with van der Waals surface area (Å²) in [5.74, 6) is -0.956. The van der Waals surface area contributed by atoms with Crippen LogP contribution in [0.1, 0.15) is 51.5 Å². The van der Waals surface area contributed by atoms with E-state index >= 15 is 0 Å². The number of rotatable bonds is 12. The van der Waals surface area contributed by atoms with Gasteiger partial charge in [-0.25, -0.2) is 12.8 Å². The molecule has 2 amide bonds. The summed E-state index contributed by atoms with van der Waals surface area (Å²) in [6, 6.07) is 16.8. The van der Waals surface area contributed by atoms with Crippen molar-refractivity contribution in [3.63, 3.8) is 0 Å². The number of halogens is 2. The smallest absolute Gasteiger partial charge is 0.264 e. The maximum Gasteiger partial charge on any atom is 0.264 e. The minimum Gasteiger partial charge on any atom is -0.494 e. The predicted octanol–water partition coefficient (Wildman–Crippen LogP) is 5.94. The van der Waals surface area contributed by atoms with Crippen molar-refractivity contribution in [1.29, 1.82) is 0 Å². The molecule has 1 N–H and O–H groups in total. The lowest BCUT2D eigenvalue weighted by molar-refractivity contribution is -0.139. The van der Waals surface area contributed by atoms with Crippen molar-refractivity contribution in [3.05, 3.63) is 89.2 Å². The van der Waals surface area contributed by atoms with E-state index in [0.717, 1.165) is 60.7 Å².